The smallest absolute Gasteiger partial charge is 0.335 e. The highest BCUT2D eigenvalue weighted by atomic mass is 32.2. The van der Waals surface area contributed by atoms with Gasteiger partial charge in [-0.3, -0.25) is 0 Å². The van der Waals surface area contributed by atoms with E-state index in [1.54, 1.807) is 20.3 Å². The lowest BCUT2D eigenvalue weighted by Gasteiger charge is -2.03. The summed E-state index contributed by atoms with van der Waals surface area (Å²) >= 11 is 1.45. The standard InChI is InChI=1S/C7H10N2O2S.C7H6O3/c1-10-5-4-6(11-2)9-7(8-5)12-3;8-6-3-1-5(2-4-6)7(9)10/h4H,1-3H3;1-4,8H,(H,9,10). The molecule has 0 saturated carbocycles. The summed E-state index contributed by atoms with van der Waals surface area (Å²) in [6.45, 7) is 0. The van der Waals surface area contributed by atoms with Crippen LogP contribution in [0, 0.1) is 0 Å². The van der Waals surface area contributed by atoms with Crippen molar-refractivity contribution >= 4 is 17.7 Å². The van der Waals surface area contributed by atoms with Gasteiger partial charge in [-0.2, -0.15) is 9.97 Å². The van der Waals surface area contributed by atoms with Crippen molar-refractivity contribution in [1.82, 2.24) is 9.97 Å². The van der Waals surface area contributed by atoms with Gasteiger partial charge in [-0.05, 0) is 30.5 Å². The van der Waals surface area contributed by atoms with Crippen LogP contribution in [0.5, 0.6) is 17.5 Å². The topological polar surface area (TPSA) is 102 Å². The van der Waals surface area contributed by atoms with Crippen LogP contribution in [0.2, 0.25) is 0 Å². The number of hydrogen-bond donors (Lipinski definition) is 2. The van der Waals surface area contributed by atoms with Crippen molar-refractivity contribution in [3.8, 4) is 17.5 Å². The Morgan fingerprint density at radius 2 is 1.59 bits per heavy atom. The molecule has 8 heteroatoms. The molecule has 2 N–H and O–H groups in total. The summed E-state index contributed by atoms with van der Waals surface area (Å²) in [5.41, 5.74) is 0.179. The normalized spacial score (nSPS) is 9.41. The highest BCUT2D eigenvalue weighted by Crippen LogP contribution is 2.19. The van der Waals surface area contributed by atoms with Crippen LogP contribution in [0.3, 0.4) is 0 Å². The lowest BCUT2D eigenvalue weighted by atomic mass is 10.2. The number of aromatic hydroxyl groups is 1. The fourth-order valence-corrected chi connectivity index (χ4v) is 1.65. The van der Waals surface area contributed by atoms with E-state index < -0.39 is 5.97 Å². The van der Waals surface area contributed by atoms with Crippen LogP contribution in [0.1, 0.15) is 10.4 Å². The van der Waals surface area contributed by atoms with Gasteiger partial charge in [0.25, 0.3) is 0 Å². The van der Waals surface area contributed by atoms with Crippen molar-refractivity contribution in [2.75, 3.05) is 20.5 Å². The van der Waals surface area contributed by atoms with Gasteiger partial charge in [0.1, 0.15) is 5.75 Å². The SMILES string of the molecule is COc1cc(OC)nc(SC)n1.O=C(O)c1ccc(O)cc1. The Labute approximate surface area is 131 Å². The molecular formula is C14H16N2O5S. The minimum absolute atomic E-state index is 0.0741. The summed E-state index contributed by atoms with van der Waals surface area (Å²) in [4.78, 5) is 18.4. The third kappa shape index (κ3) is 5.49. The predicted molar refractivity (Wildman–Crippen MR) is 82.0 cm³/mol. The molecule has 0 fully saturated rings. The Balaban J connectivity index is 0.000000224. The Bertz CT molecular complexity index is 564. The van der Waals surface area contributed by atoms with Crippen LogP contribution in [0.4, 0.5) is 0 Å². The molecule has 0 spiro atoms. The van der Waals surface area contributed by atoms with E-state index in [0.29, 0.717) is 16.9 Å². The maximum atomic E-state index is 10.2. The first-order valence-electron chi connectivity index (χ1n) is 6.03. The fourth-order valence-electron chi connectivity index (χ4n) is 1.29. The van der Waals surface area contributed by atoms with E-state index in [-0.39, 0.29) is 11.3 Å². The number of hydrogen-bond acceptors (Lipinski definition) is 7. The quantitative estimate of drug-likeness (QED) is 0.652. The Morgan fingerprint density at radius 3 is 1.95 bits per heavy atom. The van der Waals surface area contributed by atoms with Gasteiger partial charge in [-0.15, -0.1) is 0 Å². The number of thioether (sulfide) groups is 1. The number of carboxylic acids is 1. The zero-order valence-electron chi connectivity index (χ0n) is 12.3. The van der Waals surface area contributed by atoms with E-state index >= 15 is 0 Å². The molecular weight excluding hydrogens is 308 g/mol. The first-order valence-corrected chi connectivity index (χ1v) is 7.26. The van der Waals surface area contributed by atoms with Crippen LogP contribution >= 0.6 is 11.8 Å². The second-order valence-electron chi connectivity index (χ2n) is 3.79. The number of ether oxygens (including phenoxy) is 2. The Kier molecular flexibility index (Phi) is 6.97. The number of nitrogens with zero attached hydrogens (tertiary/aromatic N) is 2. The maximum absolute atomic E-state index is 10.2. The molecule has 7 nitrogen and oxygen atoms in total. The lowest BCUT2D eigenvalue weighted by Crippen LogP contribution is -1.95. The van der Waals surface area contributed by atoms with E-state index in [9.17, 15) is 4.79 Å². The van der Waals surface area contributed by atoms with Crippen molar-refractivity contribution in [1.29, 1.82) is 0 Å². The van der Waals surface area contributed by atoms with Crippen LogP contribution in [-0.4, -0.2) is 46.6 Å². The van der Waals surface area contributed by atoms with Gasteiger partial charge in [0, 0.05) is 0 Å². The maximum Gasteiger partial charge on any atom is 0.335 e. The molecule has 0 unspecified atom stereocenters. The number of benzene rings is 1. The summed E-state index contributed by atoms with van der Waals surface area (Å²) in [5.74, 6) is 0.127. The largest absolute Gasteiger partial charge is 0.508 e. The van der Waals surface area contributed by atoms with Crippen LogP contribution in [-0.2, 0) is 0 Å². The highest BCUT2D eigenvalue weighted by Gasteiger charge is 2.03. The molecule has 1 heterocycles. The average Bonchev–Trinajstić information content (AvgIpc) is 2.55. The molecule has 0 aliphatic carbocycles. The van der Waals surface area contributed by atoms with E-state index in [0.717, 1.165) is 0 Å². The van der Waals surface area contributed by atoms with Crippen molar-refractivity contribution in [2.45, 2.75) is 5.16 Å². The molecule has 2 aromatic rings. The summed E-state index contributed by atoms with van der Waals surface area (Å²) in [6.07, 6.45) is 1.90. The second-order valence-corrected chi connectivity index (χ2v) is 4.56. The van der Waals surface area contributed by atoms with Gasteiger partial charge in [0.2, 0.25) is 11.8 Å². The lowest BCUT2D eigenvalue weighted by molar-refractivity contribution is 0.0697. The van der Waals surface area contributed by atoms with Crippen molar-refractivity contribution in [3.05, 3.63) is 35.9 Å². The van der Waals surface area contributed by atoms with Gasteiger partial charge in [0.15, 0.2) is 5.16 Å². The minimum Gasteiger partial charge on any atom is -0.508 e. The first kappa shape index (κ1) is 17.6. The van der Waals surface area contributed by atoms with Gasteiger partial charge in [-0.25, -0.2) is 4.79 Å². The van der Waals surface area contributed by atoms with Crippen LogP contribution in [0.15, 0.2) is 35.5 Å². The number of phenols is 1. The molecule has 118 valence electrons. The summed E-state index contributed by atoms with van der Waals surface area (Å²) in [5, 5.41) is 17.8. The van der Waals surface area contributed by atoms with Gasteiger partial charge >= 0.3 is 5.97 Å². The summed E-state index contributed by atoms with van der Waals surface area (Å²) in [6, 6.07) is 7.00. The Hall–Kier alpha value is -2.48. The number of carboxylic acid groups (broad SMARTS) is 1. The molecule has 1 aromatic carbocycles. The number of rotatable bonds is 4. The molecule has 0 radical (unpaired) electrons. The number of phenolic OH excluding ortho intramolecular Hbond substituents is 1. The summed E-state index contributed by atoms with van der Waals surface area (Å²) < 4.78 is 9.91. The minimum atomic E-state index is -0.986. The van der Waals surface area contributed by atoms with Crippen molar-refractivity contribution in [2.24, 2.45) is 0 Å². The zero-order valence-corrected chi connectivity index (χ0v) is 13.1. The second kappa shape index (κ2) is 8.73. The average molecular weight is 324 g/mol. The number of aromatic carboxylic acids is 1. The number of aromatic nitrogens is 2. The third-order valence-corrected chi connectivity index (χ3v) is 2.92. The molecule has 1 aromatic heterocycles. The van der Waals surface area contributed by atoms with E-state index in [1.165, 1.54) is 36.0 Å². The molecule has 2 rings (SSSR count). The molecule has 0 atom stereocenters. The van der Waals surface area contributed by atoms with E-state index in [2.05, 4.69) is 9.97 Å². The highest BCUT2D eigenvalue weighted by molar-refractivity contribution is 7.98. The monoisotopic (exact) mass is 324 g/mol. The first-order chi connectivity index (χ1) is 10.5. The van der Waals surface area contributed by atoms with Crippen molar-refractivity contribution < 1.29 is 24.5 Å². The third-order valence-electron chi connectivity index (χ3n) is 2.37. The molecule has 0 aliphatic rings. The summed E-state index contributed by atoms with van der Waals surface area (Å²) in [7, 11) is 3.12. The number of carbonyl (C=O) groups is 1. The molecule has 0 amide bonds. The zero-order chi connectivity index (χ0) is 16.5. The van der Waals surface area contributed by atoms with Crippen LogP contribution in [0.25, 0.3) is 0 Å². The fraction of sp³-hybridized carbons (Fsp3) is 0.214. The number of methoxy groups -OCH3 is 2. The molecule has 0 saturated heterocycles. The predicted octanol–water partition coefficient (Wildman–Crippen LogP) is 2.31. The van der Waals surface area contributed by atoms with Gasteiger partial charge < -0.3 is 19.7 Å². The van der Waals surface area contributed by atoms with E-state index in [1.807, 2.05) is 6.26 Å². The Morgan fingerprint density at radius 1 is 1.09 bits per heavy atom. The van der Waals surface area contributed by atoms with Gasteiger partial charge in [0.05, 0.1) is 25.8 Å². The molecule has 22 heavy (non-hydrogen) atoms. The van der Waals surface area contributed by atoms with Gasteiger partial charge in [-0.1, -0.05) is 11.8 Å². The molecule has 0 bridgehead atoms. The molecule has 0 aliphatic heterocycles. The van der Waals surface area contributed by atoms with Crippen molar-refractivity contribution in [3.63, 3.8) is 0 Å². The van der Waals surface area contributed by atoms with Crippen LogP contribution < -0.4 is 9.47 Å². The van der Waals surface area contributed by atoms with E-state index in [4.69, 9.17) is 19.7 Å².